The Balaban J connectivity index is 2.73. The van der Waals surface area contributed by atoms with Crippen LogP contribution in [0.4, 0.5) is 0 Å². The van der Waals surface area contributed by atoms with E-state index in [1.165, 1.54) is 11.8 Å². The molecule has 0 aliphatic heterocycles. The molecule has 2 atom stereocenters. The number of carbonyl (C=O) groups is 1. The van der Waals surface area contributed by atoms with E-state index in [0.29, 0.717) is 5.75 Å². The molecule has 0 bridgehead atoms. The summed E-state index contributed by atoms with van der Waals surface area (Å²) >= 11 is 1.36. The lowest BCUT2D eigenvalue weighted by molar-refractivity contribution is -0.139. The van der Waals surface area contributed by atoms with Crippen LogP contribution in [-0.2, 0) is 10.4 Å². The predicted octanol–water partition coefficient (Wildman–Crippen LogP) is 1.82. The van der Waals surface area contributed by atoms with Crippen LogP contribution < -0.4 is 5.73 Å². The van der Waals surface area contributed by atoms with Crippen LogP contribution in [0.25, 0.3) is 0 Å². The third kappa shape index (κ3) is 4.23. The summed E-state index contributed by atoms with van der Waals surface area (Å²) in [6.45, 7) is 5.27. The Labute approximate surface area is 118 Å². The maximum Gasteiger partial charge on any atom is 0.321 e. The van der Waals surface area contributed by atoms with Crippen molar-refractivity contribution in [1.82, 2.24) is 0 Å². The van der Waals surface area contributed by atoms with Crippen LogP contribution in [0.3, 0.4) is 0 Å². The SMILES string of the molecule is CC(O)(CSC(C)(C)[C@H](N)C(=O)O)c1ccccc1. The minimum atomic E-state index is -1.03. The lowest BCUT2D eigenvalue weighted by atomic mass is 9.98. The Kier molecular flexibility index (Phi) is 5.01. The number of hydrogen-bond acceptors (Lipinski definition) is 4. The quantitative estimate of drug-likeness (QED) is 0.741. The maximum atomic E-state index is 10.9. The Bertz CT molecular complexity index is 432. The van der Waals surface area contributed by atoms with Crippen LogP contribution in [0.15, 0.2) is 30.3 Å². The zero-order valence-electron chi connectivity index (χ0n) is 11.5. The van der Waals surface area contributed by atoms with Crippen molar-refractivity contribution in [2.24, 2.45) is 5.73 Å². The standard InChI is InChI=1S/C14H21NO3S/c1-13(2,11(15)12(16)17)19-9-14(3,18)10-7-5-4-6-8-10/h4-8,11,18H,9,15H2,1-3H3,(H,16,17)/t11-,14?/m1/s1. The van der Waals surface area contributed by atoms with Gasteiger partial charge in [-0.05, 0) is 26.3 Å². The minimum Gasteiger partial charge on any atom is -0.480 e. The largest absolute Gasteiger partial charge is 0.480 e. The van der Waals surface area contributed by atoms with Gasteiger partial charge in [-0.2, -0.15) is 11.8 Å². The molecule has 0 radical (unpaired) electrons. The molecule has 5 heteroatoms. The van der Waals surface area contributed by atoms with Gasteiger partial charge in [0.1, 0.15) is 6.04 Å². The fraction of sp³-hybridized carbons (Fsp3) is 0.500. The molecule has 0 spiro atoms. The summed E-state index contributed by atoms with van der Waals surface area (Å²) in [5.41, 5.74) is 5.46. The van der Waals surface area contributed by atoms with Crippen molar-refractivity contribution in [1.29, 1.82) is 0 Å². The van der Waals surface area contributed by atoms with Gasteiger partial charge in [0.25, 0.3) is 0 Å². The van der Waals surface area contributed by atoms with Crippen molar-refractivity contribution in [2.45, 2.75) is 37.2 Å². The van der Waals surface area contributed by atoms with E-state index in [2.05, 4.69) is 0 Å². The molecule has 1 rings (SSSR count). The number of thioether (sulfide) groups is 1. The van der Waals surface area contributed by atoms with E-state index in [-0.39, 0.29) is 0 Å². The third-order valence-electron chi connectivity index (χ3n) is 3.14. The van der Waals surface area contributed by atoms with E-state index in [4.69, 9.17) is 10.8 Å². The van der Waals surface area contributed by atoms with E-state index in [0.717, 1.165) is 5.56 Å². The summed E-state index contributed by atoms with van der Waals surface area (Å²) in [5, 5.41) is 19.4. The maximum absolute atomic E-state index is 10.9. The number of carboxylic acid groups (broad SMARTS) is 1. The highest BCUT2D eigenvalue weighted by Crippen LogP contribution is 2.34. The second-order valence-electron chi connectivity index (χ2n) is 5.35. The molecule has 0 aromatic heterocycles. The van der Waals surface area contributed by atoms with Gasteiger partial charge in [0.2, 0.25) is 0 Å². The van der Waals surface area contributed by atoms with Crippen LogP contribution in [0, 0.1) is 0 Å². The fourth-order valence-electron chi connectivity index (χ4n) is 1.59. The molecule has 0 amide bonds. The molecule has 1 aromatic rings. The first kappa shape index (κ1) is 16.0. The minimum absolute atomic E-state index is 0.380. The molecule has 1 unspecified atom stereocenters. The predicted molar refractivity (Wildman–Crippen MR) is 78.2 cm³/mol. The highest BCUT2D eigenvalue weighted by molar-refractivity contribution is 8.00. The third-order valence-corrected chi connectivity index (χ3v) is 4.84. The van der Waals surface area contributed by atoms with Gasteiger partial charge in [0.15, 0.2) is 0 Å². The summed E-state index contributed by atoms with van der Waals surface area (Å²) < 4.78 is -0.648. The normalized spacial score (nSPS) is 16.7. The highest BCUT2D eigenvalue weighted by Gasteiger charge is 2.35. The molecule has 0 fully saturated rings. The van der Waals surface area contributed by atoms with Crippen molar-refractivity contribution in [2.75, 3.05) is 5.75 Å². The van der Waals surface area contributed by atoms with Crippen LogP contribution in [0.1, 0.15) is 26.3 Å². The number of hydrogen-bond donors (Lipinski definition) is 3. The van der Waals surface area contributed by atoms with Crippen molar-refractivity contribution in [3.05, 3.63) is 35.9 Å². The van der Waals surface area contributed by atoms with Gasteiger partial charge in [0.05, 0.1) is 5.60 Å². The van der Waals surface area contributed by atoms with Gasteiger partial charge >= 0.3 is 5.97 Å². The van der Waals surface area contributed by atoms with E-state index < -0.39 is 22.4 Å². The number of carboxylic acids is 1. The van der Waals surface area contributed by atoms with Gasteiger partial charge in [-0.15, -0.1) is 0 Å². The van der Waals surface area contributed by atoms with E-state index >= 15 is 0 Å². The zero-order chi connectivity index (χ0) is 14.7. The summed E-state index contributed by atoms with van der Waals surface area (Å²) in [5.74, 6) is -0.651. The molecule has 0 aliphatic carbocycles. The number of aliphatic hydroxyl groups is 1. The van der Waals surface area contributed by atoms with Gasteiger partial charge < -0.3 is 15.9 Å². The Morgan fingerprint density at radius 2 is 1.84 bits per heavy atom. The lowest BCUT2D eigenvalue weighted by Gasteiger charge is -2.32. The van der Waals surface area contributed by atoms with Gasteiger partial charge in [0, 0.05) is 10.5 Å². The lowest BCUT2D eigenvalue weighted by Crippen LogP contribution is -2.47. The van der Waals surface area contributed by atoms with Crippen LogP contribution in [0.5, 0.6) is 0 Å². The average molecular weight is 283 g/mol. The van der Waals surface area contributed by atoms with Crippen molar-refractivity contribution in [3.63, 3.8) is 0 Å². The number of aliphatic carboxylic acids is 1. The van der Waals surface area contributed by atoms with E-state index in [9.17, 15) is 9.90 Å². The molecule has 19 heavy (non-hydrogen) atoms. The molecule has 4 N–H and O–H groups in total. The summed E-state index contributed by atoms with van der Waals surface area (Å²) in [6.07, 6.45) is 0. The molecular formula is C14H21NO3S. The number of nitrogens with two attached hydrogens (primary N) is 1. The molecule has 0 saturated carbocycles. The molecule has 0 saturated heterocycles. The summed E-state index contributed by atoms with van der Waals surface area (Å²) in [4.78, 5) is 10.9. The van der Waals surface area contributed by atoms with Crippen LogP contribution >= 0.6 is 11.8 Å². The van der Waals surface area contributed by atoms with Gasteiger partial charge in [-0.1, -0.05) is 30.3 Å². The summed E-state index contributed by atoms with van der Waals surface area (Å²) in [7, 11) is 0. The number of rotatable bonds is 6. The van der Waals surface area contributed by atoms with Crippen LogP contribution in [0.2, 0.25) is 0 Å². The zero-order valence-corrected chi connectivity index (χ0v) is 12.3. The van der Waals surface area contributed by atoms with Crippen molar-refractivity contribution >= 4 is 17.7 Å². The van der Waals surface area contributed by atoms with Crippen molar-refractivity contribution in [3.8, 4) is 0 Å². The second-order valence-corrected chi connectivity index (χ2v) is 6.98. The molecule has 1 aromatic carbocycles. The Morgan fingerprint density at radius 1 is 1.32 bits per heavy atom. The first-order valence-corrected chi connectivity index (χ1v) is 7.05. The van der Waals surface area contributed by atoms with Gasteiger partial charge in [-0.25, -0.2) is 0 Å². The molecular weight excluding hydrogens is 262 g/mol. The summed E-state index contributed by atoms with van der Waals surface area (Å²) in [6, 6.07) is 8.35. The molecule has 0 aliphatic rings. The van der Waals surface area contributed by atoms with E-state index in [1.54, 1.807) is 20.8 Å². The monoisotopic (exact) mass is 283 g/mol. The average Bonchev–Trinajstić information content (AvgIpc) is 2.37. The topological polar surface area (TPSA) is 83.5 Å². The van der Waals surface area contributed by atoms with Gasteiger partial charge in [-0.3, -0.25) is 4.79 Å². The molecule has 4 nitrogen and oxygen atoms in total. The smallest absolute Gasteiger partial charge is 0.321 e. The molecule has 106 valence electrons. The fourth-order valence-corrected chi connectivity index (χ4v) is 2.69. The molecule has 0 heterocycles. The number of benzene rings is 1. The second kappa shape index (κ2) is 5.94. The van der Waals surface area contributed by atoms with Crippen LogP contribution in [-0.4, -0.2) is 32.7 Å². The Morgan fingerprint density at radius 3 is 2.32 bits per heavy atom. The first-order chi connectivity index (χ1) is 8.67. The van der Waals surface area contributed by atoms with Crippen molar-refractivity contribution < 1.29 is 15.0 Å². The first-order valence-electron chi connectivity index (χ1n) is 6.07. The highest BCUT2D eigenvalue weighted by atomic mass is 32.2. The van der Waals surface area contributed by atoms with E-state index in [1.807, 2.05) is 30.3 Å². The Hall–Kier alpha value is -1.04.